The van der Waals surface area contributed by atoms with E-state index in [1.54, 1.807) is 8.61 Å². The Morgan fingerprint density at radius 3 is 1.95 bits per heavy atom. The number of nitrogens with zero attached hydrogens (tertiary/aromatic N) is 2. The van der Waals surface area contributed by atoms with E-state index in [1.807, 2.05) is 54.6 Å². The Morgan fingerprint density at radius 2 is 1.32 bits per heavy atom. The lowest BCUT2D eigenvalue weighted by atomic mass is 9.98. The topological polar surface area (TPSA) is 86.8 Å². The molecule has 2 fully saturated rings. The van der Waals surface area contributed by atoms with Gasteiger partial charge in [-0.05, 0) is 92.2 Å². The second kappa shape index (κ2) is 13.5. The summed E-state index contributed by atoms with van der Waals surface area (Å²) in [6.45, 7) is 2.74. The maximum absolute atomic E-state index is 14.0. The van der Waals surface area contributed by atoms with Gasteiger partial charge in [0.05, 0.1) is 9.79 Å². The minimum Gasteiger partial charge on any atom is -0.317 e. The Balaban J connectivity index is 1.41. The molecule has 1 saturated heterocycles. The highest BCUT2D eigenvalue weighted by Crippen LogP contribution is 2.32. The molecule has 1 saturated carbocycles. The highest BCUT2D eigenvalue weighted by Gasteiger charge is 2.34. The molecule has 1 aliphatic heterocycles. The second-order valence-corrected chi connectivity index (χ2v) is 15.8. The van der Waals surface area contributed by atoms with Crippen LogP contribution in [0.2, 0.25) is 0 Å². The van der Waals surface area contributed by atoms with Crippen LogP contribution in [-0.4, -0.2) is 51.1 Å². The molecule has 0 radical (unpaired) electrons. The van der Waals surface area contributed by atoms with Crippen LogP contribution in [0.4, 0.5) is 0 Å². The molecule has 0 unspecified atom stereocenters. The lowest BCUT2D eigenvalue weighted by Crippen LogP contribution is -2.39. The van der Waals surface area contributed by atoms with Crippen LogP contribution < -0.4 is 5.32 Å². The van der Waals surface area contributed by atoms with Crippen LogP contribution in [0.25, 0.3) is 0 Å². The van der Waals surface area contributed by atoms with Gasteiger partial charge in [-0.25, -0.2) is 16.8 Å². The zero-order valence-electron chi connectivity index (χ0n) is 23.2. The summed E-state index contributed by atoms with van der Waals surface area (Å²) < 4.78 is 59.8. The largest absolute Gasteiger partial charge is 0.317 e. The van der Waals surface area contributed by atoms with Crippen molar-refractivity contribution in [1.82, 2.24) is 13.9 Å². The Hall–Kier alpha value is -2.08. The summed E-state index contributed by atoms with van der Waals surface area (Å²) in [6, 6.07) is 23.0. The highest BCUT2D eigenvalue weighted by atomic mass is 79.9. The molecule has 2 aliphatic rings. The van der Waals surface area contributed by atoms with Gasteiger partial charge < -0.3 is 5.32 Å². The van der Waals surface area contributed by atoms with Crippen molar-refractivity contribution in [2.45, 2.75) is 67.4 Å². The predicted octanol–water partition coefficient (Wildman–Crippen LogP) is 5.77. The van der Waals surface area contributed by atoms with Crippen LogP contribution in [0.3, 0.4) is 0 Å². The lowest BCUT2D eigenvalue weighted by molar-refractivity contribution is 0.284. The molecule has 1 aliphatic carbocycles. The molecule has 41 heavy (non-hydrogen) atoms. The Morgan fingerprint density at radius 1 is 0.707 bits per heavy atom. The van der Waals surface area contributed by atoms with Crippen molar-refractivity contribution in [3.8, 4) is 0 Å². The first-order valence-electron chi connectivity index (χ1n) is 14.3. The third-order valence-corrected chi connectivity index (χ3v) is 12.4. The molecule has 0 aromatic heterocycles. The van der Waals surface area contributed by atoms with Gasteiger partial charge in [0.25, 0.3) is 0 Å². The molecule has 0 atom stereocenters. The van der Waals surface area contributed by atoms with Gasteiger partial charge in [-0.2, -0.15) is 8.61 Å². The minimum absolute atomic E-state index is 0.0752. The summed E-state index contributed by atoms with van der Waals surface area (Å²) in [5.41, 5.74) is 1.83. The van der Waals surface area contributed by atoms with Crippen molar-refractivity contribution in [1.29, 1.82) is 0 Å². The monoisotopic (exact) mass is 659 g/mol. The first-order chi connectivity index (χ1) is 19.7. The van der Waals surface area contributed by atoms with Gasteiger partial charge >= 0.3 is 0 Å². The molecule has 3 aromatic rings. The standard InChI is InChI=1S/C31H38BrN3O4S2/c32-28-10-6-9-27(21-28)24-35(29-11-4-5-12-29)41(38,39)31-15-13-30(14-16-31)40(36,37)34(22-25-7-2-1-3-8-25)23-26-17-19-33-20-18-26/h1-3,6-10,13-16,21,26,29,33H,4-5,11-12,17-20,22-24H2. The van der Waals surface area contributed by atoms with Crippen molar-refractivity contribution in [3.63, 3.8) is 0 Å². The number of nitrogens with one attached hydrogen (secondary N) is 1. The predicted molar refractivity (Wildman–Crippen MR) is 165 cm³/mol. The maximum Gasteiger partial charge on any atom is 0.243 e. The van der Waals surface area contributed by atoms with Crippen molar-refractivity contribution >= 4 is 36.0 Å². The molecule has 0 bridgehead atoms. The van der Waals surface area contributed by atoms with Crippen LogP contribution in [0.1, 0.15) is 49.7 Å². The number of rotatable bonds is 11. The highest BCUT2D eigenvalue weighted by molar-refractivity contribution is 9.10. The van der Waals surface area contributed by atoms with Crippen molar-refractivity contribution < 1.29 is 16.8 Å². The van der Waals surface area contributed by atoms with Crippen LogP contribution in [0.5, 0.6) is 0 Å². The zero-order valence-corrected chi connectivity index (χ0v) is 26.4. The molecular weight excluding hydrogens is 622 g/mol. The fourth-order valence-corrected chi connectivity index (χ4v) is 9.50. The number of benzene rings is 3. The van der Waals surface area contributed by atoms with Gasteiger partial charge in [0.2, 0.25) is 20.0 Å². The van der Waals surface area contributed by atoms with Crippen molar-refractivity contribution in [2.75, 3.05) is 19.6 Å². The van der Waals surface area contributed by atoms with Gasteiger partial charge in [0, 0.05) is 30.1 Å². The van der Waals surface area contributed by atoms with Gasteiger partial charge in [-0.1, -0.05) is 71.2 Å². The molecule has 1 N–H and O–H groups in total. The normalized spacial score (nSPS) is 17.4. The minimum atomic E-state index is -3.85. The van der Waals surface area contributed by atoms with E-state index in [0.717, 1.165) is 67.2 Å². The molecule has 3 aromatic carbocycles. The number of piperidine rings is 1. The summed E-state index contributed by atoms with van der Waals surface area (Å²) in [5, 5.41) is 3.34. The average molecular weight is 661 g/mol. The number of hydrogen-bond acceptors (Lipinski definition) is 5. The van der Waals surface area contributed by atoms with Crippen LogP contribution in [-0.2, 0) is 33.1 Å². The van der Waals surface area contributed by atoms with Crippen molar-refractivity contribution in [2.24, 2.45) is 5.92 Å². The summed E-state index contributed by atoms with van der Waals surface area (Å²) in [4.78, 5) is 0.229. The number of hydrogen-bond donors (Lipinski definition) is 1. The Labute approximate surface area is 253 Å². The Bertz CT molecular complexity index is 1500. The molecule has 7 nitrogen and oxygen atoms in total. The molecule has 10 heteroatoms. The van der Waals surface area contributed by atoms with E-state index in [1.165, 1.54) is 24.3 Å². The van der Waals surface area contributed by atoms with Gasteiger partial charge in [0.1, 0.15) is 0 Å². The molecule has 5 rings (SSSR count). The summed E-state index contributed by atoms with van der Waals surface area (Å²) >= 11 is 3.49. The first kappa shape index (κ1) is 30.4. The molecule has 220 valence electrons. The fraction of sp³-hybridized carbons (Fsp3) is 0.419. The van der Waals surface area contributed by atoms with E-state index in [0.29, 0.717) is 6.54 Å². The third kappa shape index (κ3) is 7.47. The van der Waals surface area contributed by atoms with E-state index in [4.69, 9.17) is 0 Å². The van der Waals surface area contributed by atoms with E-state index in [9.17, 15) is 16.8 Å². The first-order valence-corrected chi connectivity index (χ1v) is 18.0. The quantitative estimate of drug-likeness (QED) is 0.282. The Kier molecular flexibility index (Phi) is 9.99. The zero-order chi connectivity index (χ0) is 28.9. The van der Waals surface area contributed by atoms with E-state index in [-0.39, 0.29) is 34.8 Å². The van der Waals surface area contributed by atoms with Gasteiger partial charge in [0.15, 0.2) is 0 Å². The van der Waals surface area contributed by atoms with Crippen LogP contribution >= 0.6 is 15.9 Å². The van der Waals surface area contributed by atoms with E-state index >= 15 is 0 Å². The SMILES string of the molecule is O=S(=O)(c1ccc(S(=O)(=O)N(Cc2cccc(Br)c2)C2CCCC2)cc1)N(Cc1ccccc1)CC1CCNCC1. The smallest absolute Gasteiger partial charge is 0.243 e. The lowest BCUT2D eigenvalue weighted by Gasteiger charge is -2.30. The third-order valence-electron chi connectivity index (χ3n) is 8.15. The van der Waals surface area contributed by atoms with Gasteiger partial charge in [-0.15, -0.1) is 0 Å². The second-order valence-electron chi connectivity index (χ2n) is 11.1. The summed E-state index contributed by atoms with van der Waals surface area (Å²) in [6.07, 6.45) is 5.50. The molecule has 1 heterocycles. The van der Waals surface area contributed by atoms with E-state index < -0.39 is 20.0 Å². The molecule has 0 spiro atoms. The maximum atomic E-state index is 14.0. The van der Waals surface area contributed by atoms with Crippen LogP contribution in [0, 0.1) is 5.92 Å². The van der Waals surface area contributed by atoms with Gasteiger partial charge in [-0.3, -0.25) is 0 Å². The number of sulfonamides is 2. The average Bonchev–Trinajstić information content (AvgIpc) is 3.51. The molecule has 0 amide bonds. The summed E-state index contributed by atoms with van der Waals surface area (Å²) in [7, 11) is -7.70. The number of halogens is 1. The van der Waals surface area contributed by atoms with Crippen LogP contribution in [0.15, 0.2) is 93.1 Å². The van der Waals surface area contributed by atoms with E-state index in [2.05, 4.69) is 21.2 Å². The van der Waals surface area contributed by atoms with Crippen molar-refractivity contribution in [3.05, 3.63) is 94.5 Å². The fourth-order valence-electron chi connectivity index (χ4n) is 5.87. The summed E-state index contributed by atoms with van der Waals surface area (Å²) in [5.74, 6) is 0.271. The molecular formula is C31H38BrN3O4S2.